The molecule has 7 heteroatoms. The SMILES string of the molecule is c1ccc(-c2nc(-c3ccccc3)nc(-c3ccc(-c4cccc5nc(-c6ccccc6)c6cc(-c7ccccc7)c7nonc7c6c45)cc3)n2)cc1. The topological polar surface area (TPSA) is 90.5 Å². The van der Waals surface area contributed by atoms with E-state index in [-0.39, 0.29) is 0 Å². The van der Waals surface area contributed by atoms with E-state index in [1.165, 1.54) is 0 Å². The Labute approximate surface area is 304 Å². The Morgan fingerprint density at radius 3 is 1.40 bits per heavy atom. The highest BCUT2D eigenvalue weighted by Crippen LogP contribution is 2.43. The molecule has 7 nitrogen and oxygen atoms in total. The minimum Gasteiger partial charge on any atom is -0.247 e. The first kappa shape index (κ1) is 30.4. The van der Waals surface area contributed by atoms with E-state index in [2.05, 4.69) is 83.1 Å². The molecule has 3 aromatic heterocycles. The van der Waals surface area contributed by atoms with Crippen LogP contribution in [0, 0.1) is 0 Å². The molecule has 10 aromatic rings. The lowest BCUT2D eigenvalue weighted by molar-refractivity contribution is 0.316. The van der Waals surface area contributed by atoms with Gasteiger partial charge in [0.25, 0.3) is 0 Å². The highest BCUT2D eigenvalue weighted by atomic mass is 16.6. The minimum absolute atomic E-state index is 0.602. The van der Waals surface area contributed by atoms with Crippen molar-refractivity contribution in [3.05, 3.63) is 170 Å². The van der Waals surface area contributed by atoms with E-state index < -0.39 is 0 Å². The van der Waals surface area contributed by atoms with Crippen molar-refractivity contribution < 1.29 is 4.63 Å². The van der Waals surface area contributed by atoms with Crippen LogP contribution in [0.2, 0.25) is 0 Å². The van der Waals surface area contributed by atoms with Crippen LogP contribution in [0.25, 0.3) is 100 Å². The zero-order chi connectivity index (χ0) is 35.1. The van der Waals surface area contributed by atoms with Gasteiger partial charge in [-0.3, -0.25) is 0 Å². The Bertz CT molecular complexity index is 2860. The van der Waals surface area contributed by atoms with Gasteiger partial charge in [-0.05, 0) is 39.1 Å². The second-order valence-corrected chi connectivity index (χ2v) is 12.8. The predicted molar refractivity (Wildman–Crippen MR) is 211 cm³/mol. The molecule has 0 N–H and O–H groups in total. The third-order valence-electron chi connectivity index (χ3n) is 9.60. The predicted octanol–water partition coefficient (Wildman–Crippen LogP) is 11.1. The first-order valence-electron chi connectivity index (χ1n) is 17.4. The molecule has 0 amide bonds. The number of fused-ring (bicyclic) bond motifs is 5. The molecule has 0 aliphatic rings. The van der Waals surface area contributed by atoms with E-state index in [1.54, 1.807) is 0 Å². The highest BCUT2D eigenvalue weighted by molar-refractivity contribution is 6.26. The molecule has 0 saturated carbocycles. The molecule has 0 radical (unpaired) electrons. The van der Waals surface area contributed by atoms with Crippen LogP contribution in [-0.2, 0) is 0 Å². The molecule has 0 aliphatic carbocycles. The van der Waals surface area contributed by atoms with Crippen LogP contribution in [0.1, 0.15) is 0 Å². The van der Waals surface area contributed by atoms with Gasteiger partial charge in [0, 0.05) is 44.0 Å². The number of pyridine rings is 1. The van der Waals surface area contributed by atoms with Crippen LogP contribution in [-0.4, -0.2) is 30.2 Å². The summed E-state index contributed by atoms with van der Waals surface area (Å²) in [5, 5.41) is 11.9. The molecule has 0 aliphatic heterocycles. The maximum Gasteiger partial charge on any atom is 0.164 e. The number of aromatic nitrogens is 6. The standard InChI is InChI=1S/C46H28N6O/c1-5-14-29(15-6-1)36-28-37-40(43-42(36)51-53-52-43)39-35(22-13-23-38(39)47-41(37)31-16-7-2-8-17-31)30-24-26-34(27-25-30)46-49-44(32-18-9-3-10-19-32)48-45(50-46)33-20-11-4-12-21-33/h1-28H. The number of benzene rings is 7. The highest BCUT2D eigenvalue weighted by Gasteiger charge is 2.22. The van der Waals surface area contributed by atoms with E-state index >= 15 is 0 Å². The first-order valence-corrected chi connectivity index (χ1v) is 17.4. The van der Waals surface area contributed by atoms with E-state index in [1.807, 2.05) is 97.1 Å². The lowest BCUT2D eigenvalue weighted by Gasteiger charge is -2.15. The summed E-state index contributed by atoms with van der Waals surface area (Å²) in [6, 6.07) is 57.3. The summed E-state index contributed by atoms with van der Waals surface area (Å²) in [5.74, 6) is 1.85. The normalized spacial score (nSPS) is 11.4. The summed E-state index contributed by atoms with van der Waals surface area (Å²) in [6.07, 6.45) is 0. The Kier molecular flexibility index (Phi) is 7.32. The van der Waals surface area contributed by atoms with Gasteiger partial charge < -0.3 is 0 Å². The number of rotatable bonds is 6. The maximum absolute atomic E-state index is 5.48. The summed E-state index contributed by atoms with van der Waals surface area (Å²) in [7, 11) is 0. The lowest BCUT2D eigenvalue weighted by Crippen LogP contribution is -2.00. The average Bonchev–Trinajstić information content (AvgIpc) is 3.74. The second-order valence-electron chi connectivity index (χ2n) is 12.8. The van der Waals surface area contributed by atoms with Gasteiger partial charge >= 0.3 is 0 Å². The Balaban J connectivity index is 1.17. The lowest BCUT2D eigenvalue weighted by atomic mass is 9.90. The minimum atomic E-state index is 0.602. The fraction of sp³-hybridized carbons (Fsp3) is 0. The van der Waals surface area contributed by atoms with E-state index in [0.29, 0.717) is 28.5 Å². The molecule has 0 fully saturated rings. The van der Waals surface area contributed by atoms with Crippen LogP contribution in [0.3, 0.4) is 0 Å². The molecule has 0 saturated heterocycles. The third-order valence-corrected chi connectivity index (χ3v) is 9.60. The average molecular weight is 681 g/mol. The van der Waals surface area contributed by atoms with Gasteiger partial charge in [-0.2, -0.15) is 0 Å². The van der Waals surface area contributed by atoms with Crippen molar-refractivity contribution in [2.24, 2.45) is 0 Å². The summed E-state index contributed by atoms with van der Waals surface area (Å²) < 4.78 is 5.48. The van der Waals surface area contributed by atoms with Gasteiger partial charge in [0.1, 0.15) is 11.0 Å². The summed E-state index contributed by atoms with van der Waals surface area (Å²) in [4.78, 5) is 20.0. The van der Waals surface area contributed by atoms with Crippen LogP contribution in [0.4, 0.5) is 0 Å². The number of hydrogen-bond donors (Lipinski definition) is 0. The molecular formula is C46H28N6O. The third kappa shape index (κ3) is 5.39. The molecule has 53 heavy (non-hydrogen) atoms. The van der Waals surface area contributed by atoms with Gasteiger partial charge in [-0.1, -0.05) is 158 Å². The van der Waals surface area contributed by atoms with E-state index in [9.17, 15) is 0 Å². The fourth-order valence-electron chi connectivity index (χ4n) is 7.09. The maximum atomic E-state index is 5.48. The Hall–Kier alpha value is -7.38. The Morgan fingerprint density at radius 2 is 0.811 bits per heavy atom. The molecule has 0 spiro atoms. The Morgan fingerprint density at radius 1 is 0.340 bits per heavy atom. The molecule has 7 aromatic carbocycles. The molecule has 248 valence electrons. The van der Waals surface area contributed by atoms with Crippen molar-refractivity contribution in [1.29, 1.82) is 0 Å². The molecule has 0 unspecified atom stereocenters. The van der Waals surface area contributed by atoms with Crippen molar-refractivity contribution in [3.63, 3.8) is 0 Å². The molecule has 0 atom stereocenters. The largest absolute Gasteiger partial charge is 0.247 e. The zero-order valence-corrected chi connectivity index (χ0v) is 28.3. The number of hydrogen-bond acceptors (Lipinski definition) is 7. The molecule has 10 rings (SSSR count). The van der Waals surface area contributed by atoms with Gasteiger partial charge in [-0.25, -0.2) is 24.6 Å². The smallest absolute Gasteiger partial charge is 0.164 e. The van der Waals surface area contributed by atoms with Crippen molar-refractivity contribution in [2.75, 3.05) is 0 Å². The van der Waals surface area contributed by atoms with Gasteiger partial charge in [0.2, 0.25) is 0 Å². The van der Waals surface area contributed by atoms with Crippen molar-refractivity contribution >= 4 is 32.7 Å². The van der Waals surface area contributed by atoms with Gasteiger partial charge in [0.05, 0.1) is 11.2 Å². The van der Waals surface area contributed by atoms with Crippen LogP contribution >= 0.6 is 0 Å². The van der Waals surface area contributed by atoms with Crippen LogP contribution < -0.4 is 0 Å². The molecule has 3 heterocycles. The fourth-order valence-corrected chi connectivity index (χ4v) is 7.09. The van der Waals surface area contributed by atoms with Crippen LogP contribution in [0.5, 0.6) is 0 Å². The van der Waals surface area contributed by atoms with E-state index in [0.717, 1.165) is 71.9 Å². The first-order chi connectivity index (χ1) is 26.3. The van der Waals surface area contributed by atoms with E-state index in [4.69, 9.17) is 24.6 Å². The van der Waals surface area contributed by atoms with Crippen LogP contribution in [0.15, 0.2) is 174 Å². The summed E-state index contributed by atoms with van der Waals surface area (Å²) in [5.41, 5.74) is 10.9. The molecular weight excluding hydrogens is 653 g/mol. The zero-order valence-electron chi connectivity index (χ0n) is 28.3. The summed E-state index contributed by atoms with van der Waals surface area (Å²) in [6.45, 7) is 0. The van der Waals surface area contributed by atoms with Gasteiger partial charge in [0.15, 0.2) is 17.5 Å². The quantitative estimate of drug-likeness (QED) is 0.161. The number of nitrogens with zero attached hydrogens (tertiary/aromatic N) is 6. The molecule has 0 bridgehead atoms. The van der Waals surface area contributed by atoms with Crippen molar-refractivity contribution in [2.45, 2.75) is 0 Å². The summed E-state index contributed by atoms with van der Waals surface area (Å²) >= 11 is 0. The monoisotopic (exact) mass is 680 g/mol. The van der Waals surface area contributed by atoms with Crippen molar-refractivity contribution in [1.82, 2.24) is 30.2 Å². The van der Waals surface area contributed by atoms with Gasteiger partial charge in [-0.15, -0.1) is 0 Å². The van der Waals surface area contributed by atoms with Crippen molar-refractivity contribution in [3.8, 4) is 67.7 Å². The second kappa shape index (κ2) is 12.7.